The average molecular weight is 256 g/mol. The fourth-order valence-electron chi connectivity index (χ4n) is 2.01. The third-order valence-electron chi connectivity index (χ3n) is 2.93. The van der Waals surface area contributed by atoms with Gasteiger partial charge < -0.3 is 4.90 Å². The number of benzene rings is 1. The second kappa shape index (κ2) is 4.82. The van der Waals surface area contributed by atoms with E-state index in [-0.39, 0.29) is 5.91 Å². The van der Waals surface area contributed by atoms with E-state index in [2.05, 4.69) is 4.98 Å². The number of carbonyl (C=O) groups is 1. The third kappa shape index (κ3) is 2.11. The number of rotatable bonds is 3. The molecule has 3 nitrogen and oxygen atoms in total. The molecule has 18 heavy (non-hydrogen) atoms. The Labute approximate surface area is 110 Å². The summed E-state index contributed by atoms with van der Waals surface area (Å²) in [6, 6.07) is 11.7. The zero-order valence-corrected chi connectivity index (χ0v) is 10.6. The first-order valence-corrected chi connectivity index (χ1v) is 6.73. The number of hydrogen-bond acceptors (Lipinski definition) is 3. The first-order valence-electron chi connectivity index (χ1n) is 5.74. The molecule has 0 atom stereocenters. The normalized spacial score (nSPS) is 13.8. The van der Waals surface area contributed by atoms with Crippen molar-refractivity contribution in [3.63, 3.8) is 0 Å². The summed E-state index contributed by atoms with van der Waals surface area (Å²) < 4.78 is 0. The van der Waals surface area contributed by atoms with E-state index in [1.165, 1.54) is 0 Å². The Balaban J connectivity index is 1.68. The predicted octanol–water partition coefficient (Wildman–Crippen LogP) is 2.79. The summed E-state index contributed by atoms with van der Waals surface area (Å²) >= 11 is 1.66. The fourth-order valence-corrected chi connectivity index (χ4v) is 2.83. The van der Waals surface area contributed by atoms with Crippen molar-refractivity contribution in [1.82, 2.24) is 9.88 Å². The lowest BCUT2D eigenvalue weighted by Gasteiger charge is -2.14. The van der Waals surface area contributed by atoms with Crippen LogP contribution in [-0.2, 0) is 6.54 Å². The summed E-state index contributed by atoms with van der Waals surface area (Å²) in [6.07, 6.45) is 3.53. The molecule has 90 valence electrons. The van der Waals surface area contributed by atoms with E-state index in [4.69, 9.17) is 0 Å². The minimum atomic E-state index is 0.132. The number of carbonyl (C=O) groups excluding carboxylic acids is 1. The molecule has 1 aliphatic rings. The van der Waals surface area contributed by atoms with Gasteiger partial charge in [0, 0.05) is 29.4 Å². The van der Waals surface area contributed by atoms with Crippen LogP contribution >= 0.6 is 11.8 Å². The van der Waals surface area contributed by atoms with Gasteiger partial charge in [-0.25, -0.2) is 0 Å². The van der Waals surface area contributed by atoms with Gasteiger partial charge in [0.15, 0.2) is 0 Å². The van der Waals surface area contributed by atoms with Crippen LogP contribution in [0.3, 0.4) is 0 Å². The van der Waals surface area contributed by atoms with Crippen LogP contribution in [0, 0.1) is 0 Å². The molecule has 1 amide bonds. The Morgan fingerprint density at radius 1 is 1.17 bits per heavy atom. The van der Waals surface area contributed by atoms with E-state index in [0.717, 1.165) is 16.0 Å². The molecule has 1 aromatic carbocycles. The van der Waals surface area contributed by atoms with Crippen molar-refractivity contribution in [3.05, 3.63) is 59.9 Å². The van der Waals surface area contributed by atoms with Crippen molar-refractivity contribution in [2.75, 3.05) is 5.88 Å². The van der Waals surface area contributed by atoms with Gasteiger partial charge in [0.2, 0.25) is 0 Å². The van der Waals surface area contributed by atoms with Crippen molar-refractivity contribution < 1.29 is 4.79 Å². The van der Waals surface area contributed by atoms with E-state index in [0.29, 0.717) is 12.4 Å². The van der Waals surface area contributed by atoms with Crippen molar-refractivity contribution in [3.8, 4) is 0 Å². The molecule has 0 saturated carbocycles. The monoisotopic (exact) mass is 256 g/mol. The molecule has 1 aromatic heterocycles. The first kappa shape index (κ1) is 11.3. The highest BCUT2D eigenvalue weighted by molar-refractivity contribution is 7.99. The zero-order valence-electron chi connectivity index (χ0n) is 9.74. The molecule has 0 bridgehead atoms. The van der Waals surface area contributed by atoms with Gasteiger partial charge in [-0.05, 0) is 23.8 Å². The molecule has 0 unspecified atom stereocenters. The van der Waals surface area contributed by atoms with Crippen LogP contribution in [0.15, 0.2) is 53.7 Å². The van der Waals surface area contributed by atoms with Crippen molar-refractivity contribution in [2.24, 2.45) is 0 Å². The smallest absolute Gasteiger partial charge is 0.255 e. The average Bonchev–Trinajstić information content (AvgIpc) is 2.75. The maximum atomic E-state index is 12.1. The molecule has 0 fully saturated rings. The molecule has 0 aliphatic carbocycles. The van der Waals surface area contributed by atoms with Gasteiger partial charge in [0.1, 0.15) is 0 Å². The first-order chi connectivity index (χ1) is 8.84. The molecule has 0 radical (unpaired) electrons. The van der Waals surface area contributed by atoms with Crippen LogP contribution < -0.4 is 0 Å². The van der Waals surface area contributed by atoms with E-state index in [1.807, 2.05) is 41.3 Å². The number of pyridine rings is 1. The molecule has 4 heteroatoms. The topological polar surface area (TPSA) is 33.2 Å². The second-order valence-corrected chi connectivity index (χ2v) is 5.13. The Kier molecular flexibility index (Phi) is 3.02. The second-order valence-electron chi connectivity index (χ2n) is 4.12. The minimum Gasteiger partial charge on any atom is -0.325 e. The highest BCUT2D eigenvalue weighted by atomic mass is 32.2. The van der Waals surface area contributed by atoms with Gasteiger partial charge in [-0.2, -0.15) is 0 Å². The van der Waals surface area contributed by atoms with Gasteiger partial charge in [-0.15, -0.1) is 11.8 Å². The van der Waals surface area contributed by atoms with Crippen LogP contribution in [0.1, 0.15) is 15.9 Å². The van der Waals surface area contributed by atoms with E-state index < -0.39 is 0 Å². The van der Waals surface area contributed by atoms with E-state index in [9.17, 15) is 4.79 Å². The van der Waals surface area contributed by atoms with Crippen molar-refractivity contribution in [2.45, 2.75) is 11.4 Å². The van der Waals surface area contributed by atoms with Gasteiger partial charge >= 0.3 is 0 Å². The Morgan fingerprint density at radius 3 is 2.72 bits per heavy atom. The lowest BCUT2D eigenvalue weighted by molar-refractivity contribution is 0.0808. The SMILES string of the molecule is O=C1c2ccccc2CN1CSc1ccncc1. The lowest BCUT2D eigenvalue weighted by atomic mass is 10.1. The number of amides is 1. The molecule has 0 saturated heterocycles. The number of fused-ring (bicyclic) bond motifs is 1. The van der Waals surface area contributed by atoms with Crippen LogP contribution in [0.5, 0.6) is 0 Å². The van der Waals surface area contributed by atoms with Crippen LogP contribution in [-0.4, -0.2) is 21.7 Å². The van der Waals surface area contributed by atoms with Gasteiger partial charge in [-0.1, -0.05) is 18.2 Å². The molecule has 0 N–H and O–H groups in total. The summed E-state index contributed by atoms with van der Waals surface area (Å²) in [5.74, 6) is 0.810. The third-order valence-corrected chi connectivity index (χ3v) is 3.98. The zero-order chi connectivity index (χ0) is 12.4. The summed E-state index contributed by atoms with van der Waals surface area (Å²) in [4.78, 5) is 19.1. The fraction of sp³-hybridized carbons (Fsp3) is 0.143. The molecule has 2 heterocycles. The minimum absolute atomic E-state index is 0.132. The highest BCUT2D eigenvalue weighted by Crippen LogP contribution is 2.26. The Bertz CT molecular complexity index is 571. The standard InChI is InChI=1S/C14H12N2OS/c17-14-13-4-2-1-3-11(13)9-16(14)10-18-12-5-7-15-8-6-12/h1-8H,9-10H2. The number of aromatic nitrogens is 1. The van der Waals surface area contributed by atoms with Crippen LogP contribution in [0.2, 0.25) is 0 Å². The maximum Gasteiger partial charge on any atom is 0.255 e. The molecular formula is C14H12N2OS. The van der Waals surface area contributed by atoms with Gasteiger partial charge in [0.05, 0.1) is 5.88 Å². The number of thioether (sulfide) groups is 1. The summed E-state index contributed by atoms with van der Waals surface area (Å²) in [7, 11) is 0. The van der Waals surface area contributed by atoms with Crippen molar-refractivity contribution in [1.29, 1.82) is 0 Å². The molecule has 0 spiro atoms. The lowest BCUT2D eigenvalue weighted by Crippen LogP contribution is -2.23. The summed E-state index contributed by atoms with van der Waals surface area (Å²) in [5.41, 5.74) is 1.96. The molecule has 3 rings (SSSR count). The molecule has 2 aromatic rings. The molecule has 1 aliphatic heterocycles. The maximum absolute atomic E-state index is 12.1. The Hall–Kier alpha value is -1.81. The number of nitrogens with zero attached hydrogens (tertiary/aromatic N) is 2. The summed E-state index contributed by atoms with van der Waals surface area (Å²) in [6.45, 7) is 0.715. The Morgan fingerprint density at radius 2 is 1.94 bits per heavy atom. The summed E-state index contributed by atoms with van der Waals surface area (Å²) in [5, 5.41) is 0. The van der Waals surface area contributed by atoms with E-state index >= 15 is 0 Å². The largest absolute Gasteiger partial charge is 0.325 e. The van der Waals surface area contributed by atoms with E-state index in [1.54, 1.807) is 24.2 Å². The molecular weight excluding hydrogens is 244 g/mol. The van der Waals surface area contributed by atoms with Crippen LogP contribution in [0.25, 0.3) is 0 Å². The van der Waals surface area contributed by atoms with Gasteiger partial charge in [0.25, 0.3) is 5.91 Å². The van der Waals surface area contributed by atoms with Crippen molar-refractivity contribution >= 4 is 17.7 Å². The number of hydrogen-bond donors (Lipinski definition) is 0. The highest BCUT2D eigenvalue weighted by Gasteiger charge is 2.26. The quantitative estimate of drug-likeness (QED) is 0.792. The van der Waals surface area contributed by atoms with Crippen LogP contribution in [0.4, 0.5) is 0 Å². The predicted molar refractivity (Wildman–Crippen MR) is 71.3 cm³/mol. The van der Waals surface area contributed by atoms with Gasteiger partial charge in [-0.3, -0.25) is 9.78 Å².